The highest BCUT2D eigenvalue weighted by Crippen LogP contribution is 2.30. The zero-order valence-corrected chi connectivity index (χ0v) is 12.0. The van der Waals surface area contributed by atoms with Crippen LogP contribution >= 0.6 is 0 Å². The number of anilines is 1. The predicted octanol–water partition coefficient (Wildman–Crippen LogP) is 4.27. The van der Waals surface area contributed by atoms with E-state index in [1.165, 1.54) is 27.9 Å². The van der Waals surface area contributed by atoms with Gasteiger partial charge in [0.2, 0.25) is 0 Å². The van der Waals surface area contributed by atoms with Gasteiger partial charge < -0.3 is 5.32 Å². The predicted molar refractivity (Wildman–Crippen MR) is 81.7 cm³/mol. The Balaban J connectivity index is 1.77. The normalized spacial score (nSPS) is 17.4. The SMILES string of the molecule is Cc1cc(C)c2c(c1)CC(Cc1ccc(F)cc1)CN2. The van der Waals surface area contributed by atoms with Crippen LogP contribution in [0.25, 0.3) is 0 Å². The summed E-state index contributed by atoms with van der Waals surface area (Å²) in [7, 11) is 0. The molecule has 0 aliphatic carbocycles. The van der Waals surface area contributed by atoms with Crippen LogP contribution in [0.15, 0.2) is 36.4 Å². The molecule has 20 heavy (non-hydrogen) atoms. The zero-order chi connectivity index (χ0) is 14.1. The first kappa shape index (κ1) is 13.2. The van der Waals surface area contributed by atoms with Gasteiger partial charge in [0.25, 0.3) is 0 Å². The fraction of sp³-hybridized carbons (Fsp3) is 0.333. The summed E-state index contributed by atoms with van der Waals surface area (Å²) in [5.41, 5.74) is 6.60. The minimum absolute atomic E-state index is 0.160. The van der Waals surface area contributed by atoms with Crippen LogP contribution in [0.3, 0.4) is 0 Å². The molecule has 0 saturated carbocycles. The lowest BCUT2D eigenvalue weighted by Crippen LogP contribution is -2.25. The molecule has 0 bridgehead atoms. The molecule has 0 amide bonds. The van der Waals surface area contributed by atoms with E-state index in [0.717, 1.165) is 19.4 Å². The maximum absolute atomic E-state index is 12.9. The fourth-order valence-electron chi connectivity index (χ4n) is 3.20. The van der Waals surface area contributed by atoms with E-state index in [9.17, 15) is 4.39 Å². The zero-order valence-electron chi connectivity index (χ0n) is 12.0. The van der Waals surface area contributed by atoms with Crippen molar-refractivity contribution < 1.29 is 4.39 Å². The van der Waals surface area contributed by atoms with Crippen LogP contribution in [0, 0.1) is 25.6 Å². The second-order valence-corrected chi connectivity index (χ2v) is 5.90. The lowest BCUT2D eigenvalue weighted by atomic mass is 9.87. The van der Waals surface area contributed by atoms with Crippen molar-refractivity contribution in [2.45, 2.75) is 26.7 Å². The van der Waals surface area contributed by atoms with Gasteiger partial charge in [0.15, 0.2) is 0 Å². The Morgan fingerprint density at radius 1 is 1.15 bits per heavy atom. The Morgan fingerprint density at radius 2 is 1.90 bits per heavy atom. The minimum Gasteiger partial charge on any atom is -0.384 e. The van der Waals surface area contributed by atoms with E-state index in [2.05, 4.69) is 31.3 Å². The lowest BCUT2D eigenvalue weighted by Gasteiger charge is -2.28. The molecule has 1 N–H and O–H groups in total. The Bertz CT molecular complexity index is 616. The molecule has 104 valence electrons. The van der Waals surface area contributed by atoms with E-state index in [-0.39, 0.29) is 5.82 Å². The molecule has 0 fully saturated rings. The summed E-state index contributed by atoms with van der Waals surface area (Å²) < 4.78 is 12.9. The van der Waals surface area contributed by atoms with Crippen molar-refractivity contribution in [2.75, 3.05) is 11.9 Å². The van der Waals surface area contributed by atoms with Gasteiger partial charge in [-0.2, -0.15) is 0 Å². The molecule has 1 atom stereocenters. The van der Waals surface area contributed by atoms with Gasteiger partial charge in [0, 0.05) is 12.2 Å². The maximum atomic E-state index is 12.9. The number of hydrogen-bond donors (Lipinski definition) is 1. The third kappa shape index (κ3) is 2.69. The Morgan fingerprint density at radius 3 is 2.65 bits per heavy atom. The minimum atomic E-state index is -0.160. The summed E-state index contributed by atoms with van der Waals surface area (Å²) in [6, 6.07) is 11.4. The molecule has 2 aromatic rings. The lowest BCUT2D eigenvalue weighted by molar-refractivity contribution is 0.533. The van der Waals surface area contributed by atoms with E-state index in [1.807, 2.05) is 12.1 Å². The molecular formula is C18H20FN. The van der Waals surface area contributed by atoms with Crippen LogP contribution in [0.2, 0.25) is 0 Å². The molecular weight excluding hydrogens is 249 g/mol. The average Bonchev–Trinajstić information content (AvgIpc) is 2.41. The molecule has 2 heteroatoms. The fourth-order valence-corrected chi connectivity index (χ4v) is 3.20. The van der Waals surface area contributed by atoms with Gasteiger partial charge in [-0.15, -0.1) is 0 Å². The summed E-state index contributed by atoms with van der Waals surface area (Å²) in [5.74, 6) is 0.418. The number of rotatable bonds is 2. The van der Waals surface area contributed by atoms with Crippen molar-refractivity contribution >= 4 is 5.69 Å². The van der Waals surface area contributed by atoms with Gasteiger partial charge in [-0.25, -0.2) is 4.39 Å². The average molecular weight is 269 g/mol. The molecule has 0 spiro atoms. The van der Waals surface area contributed by atoms with Gasteiger partial charge in [0.1, 0.15) is 5.82 Å². The number of halogens is 1. The van der Waals surface area contributed by atoms with Gasteiger partial charge in [0.05, 0.1) is 0 Å². The van der Waals surface area contributed by atoms with Gasteiger partial charge >= 0.3 is 0 Å². The standard InChI is InChI=1S/C18H20FN/c1-12-7-13(2)18-16(8-12)10-15(11-20-18)9-14-3-5-17(19)6-4-14/h3-8,15,20H,9-11H2,1-2H3. The van der Waals surface area contributed by atoms with E-state index >= 15 is 0 Å². The van der Waals surface area contributed by atoms with Crippen molar-refractivity contribution in [2.24, 2.45) is 5.92 Å². The highest BCUT2D eigenvalue weighted by atomic mass is 19.1. The van der Waals surface area contributed by atoms with Crippen LogP contribution in [-0.4, -0.2) is 6.54 Å². The third-order valence-corrected chi connectivity index (χ3v) is 4.08. The summed E-state index contributed by atoms with van der Waals surface area (Å²) in [4.78, 5) is 0. The highest BCUT2D eigenvalue weighted by Gasteiger charge is 2.20. The highest BCUT2D eigenvalue weighted by molar-refractivity contribution is 5.60. The number of hydrogen-bond acceptors (Lipinski definition) is 1. The summed E-state index contributed by atoms with van der Waals surface area (Å²) >= 11 is 0. The summed E-state index contributed by atoms with van der Waals surface area (Å²) in [6.45, 7) is 5.31. The Kier molecular flexibility index (Phi) is 3.47. The van der Waals surface area contributed by atoms with Crippen molar-refractivity contribution in [3.8, 4) is 0 Å². The molecule has 1 aliphatic rings. The molecule has 2 aromatic carbocycles. The Labute approximate surface area is 119 Å². The number of fused-ring (bicyclic) bond motifs is 1. The van der Waals surface area contributed by atoms with Crippen molar-refractivity contribution in [3.05, 3.63) is 64.5 Å². The van der Waals surface area contributed by atoms with Crippen molar-refractivity contribution in [1.29, 1.82) is 0 Å². The molecule has 3 rings (SSSR count). The van der Waals surface area contributed by atoms with Crippen LogP contribution in [0.4, 0.5) is 10.1 Å². The van der Waals surface area contributed by atoms with Crippen LogP contribution in [0.1, 0.15) is 22.3 Å². The number of benzene rings is 2. The molecule has 0 radical (unpaired) electrons. The van der Waals surface area contributed by atoms with Crippen molar-refractivity contribution in [1.82, 2.24) is 0 Å². The summed E-state index contributed by atoms with van der Waals surface area (Å²) in [6.07, 6.45) is 2.10. The van der Waals surface area contributed by atoms with E-state index in [4.69, 9.17) is 0 Å². The van der Waals surface area contributed by atoms with Gasteiger partial charge in [-0.1, -0.05) is 29.8 Å². The summed E-state index contributed by atoms with van der Waals surface area (Å²) in [5, 5.41) is 3.57. The second kappa shape index (κ2) is 5.28. The van der Waals surface area contributed by atoms with Gasteiger partial charge in [-0.3, -0.25) is 0 Å². The maximum Gasteiger partial charge on any atom is 0.123 e. The quantitative estimate of drug-likeness (QED) is 0.858. The first-order chi connectivity index (χ1) is 9.61. The molecule has 1 unspecified atom stereocenters. The van der Waals surface area contributed by atoms with Gasteiger partial charge in [-0.05, 0) is 61.4 Å². The van der Waals surface area contributed by atoms with Crippen molar-refractivity contribution in [3.63, 3.8) is 0 Å². The molecule has 0 aromatic heterocycles. The smallest absolute Gasteiger partial charge is 0.123 e. The molecule has 1 nitrogen and oxygen atoms in total. The van der Waals surface area contributed by atoms with E-state index in [1.54, 1.807) is 12.1 Å². The number of aryl methyl sites for hydroxylation is 2. The molecule has 1 aliphatic heterocycles. The third-order valence-electron chi connectivity index (χ3n) is 4.08. The van der Waals surface area contributed by atoms with Crippen LogP contribution in [0.5, 0.6) is 0 Å². The monoisotopic (exact) mass is 269 g/mol. The van der Waals surface area contributed by atoms with Crippen LogP contribution in [-0.2, 0) is 12.8 Å². The topological polar surface area (TPSA) is 12.0 Å². The molecule has 0 saturated heterocycles. The second-order valence-electron chi connectivity index (χ2n) is 5.90. The first-order valence-corrected chi connectivity index (χ1v) is 7.20. The first-order valence-electron chi connectivity index (χ1n) is 7.20. The van der Waals surface area contributed by atoms with E-state index < -0.39 is 0 Å². The number of nitrogens with one attached hydrogen (secondary N) is 1. The molecule has 1 heterocycles. The van der Waals surface area contributed by atoms with E-state index in [0.29, 0.717) is 5.92 Å². The largest absolute Gasteiger partial charge is 0.384 e. The Hall–Kier alpha value is -1.83. The van der Waals surface area contributed by atoms with Crippen LogP contribution < -0.4 is 5.32 Å².